The van der Waals surface area contributed by atoms with E-state index in [1.165, 1.54) is 18.3 Å². The van der Waals surface area contributed by atoms with E-state index in [2.05, 4.69) is 15.0 Å². The van der Waals surface area contributed by atoms with Crippen LogP contribution >= 0.6 is 0 Å². The van der Waals surface area contributed by atoms with Crippen LogP contribution in [0, 0.1) is 6.92 Å². The Bertz CT molecular complexity index is 877. The predicted octanol–water partition coefficient (Wildman–Crippen LogP) is 3.25. The number of hydrogen-bond donors (Lipinski definition) is 2. The molecule has 0 radical (unpaired) electrons. The Labute approximate surface area is 116 Å². The molecule has 2 aromatic heterocycles. The van der Waals surface area contributed by atoms with Gasteiger partial charge in [-0.2, -0.15) is 13.2 Å². The van der Waals surface area contributed by atoms with E-state index >= 15 is 0 Å². The summed E-state index contributed by atoms with van der Waals surface area (Å²) in [5.74, 6) is 0.241. The summed E-state index contributed by atoms with van der Waals surface area (Å²) in [7, 11) is 0. The molecular weight excluding hydrogens is 283 g/mol. The number of fused-ring (bicyclic) bond motifs is 1. The third kappa shape index (κ3) is 2.42. The molecule has 0 atom stereocenters. The van der Waals surface area contributed by atoms with Crippen molar-refractivity contribution in [3.05, 3.63) is 51.9 Å². The quantitative estimate of drug-likeness (QED) is 0.723. The molecule has 3 rings (SSSR count). The number of benzene rings is 1. The summed E-state index contributed by atoms with van der Waals surface area (Å²) in [6.45, 7) is 1.74. The first-order valence-corrected chi connectivity index (χ1v) is 6.11. The first kappa shape index (κ1) is 13.4. The third-order valence-electron chi connectivity index (χ3n) is 3.12. The summed E-state index contributed by atoms with van der Waals surface area (Å²) >= 11 is 0. The van der Waals surface area contributed by atoms with Crippen molar-refractivity contribution in [1.29, 1.82) is 0 Å². The van der Waals surface area contributed by atoms with Crippen molar-refractivity contribution < 1.29 is 13.2 Å². The number of aromatic amines is 2. The summed E-state index contributed by atoms with van der Waals surface area (Å²) in [6, 6.07) is 4.63. The largest absolute Gasteiger partial charge is 0.416 e. The summed E-state index contributed by atoms with van der Waals surface area (Å²) in [6.07, 6.45) is -2.93. The van der Waals surface area contributed by atoms with Crippen LogP contribution in [0.2, 0.25) is 0 Å². The van der Waals surface area contributed by atoms with E-state index in [4.69, 9.17) is 0 Å². The highest BCUT2D eigenvalue weighted by molar-refractivity contribution is 5.80. The Morgan fingerprint density at radius 3 is 2.62 bits per heavy atom. The summed E-state index contributed by atoms with van der Waals surface area (Å²) in [5.41, 5.74) is 0.576. The van der Waals surface area contributed by atoms with Gasteiger partial charge < -0.3 is 9.97 Å². The van der Waals surface area contributed by atoms with Gasteiger partial charge in [0.1, 0.15) is 5.82 Å². The number of alkyl halides is 3. The lowest BCUT2D eigenvalue weighted by molar-refractivity contribution is -0.137. The molecule has 0 aliphatic rings. The number of hydrogen-bond acceptors (Lipinski definition) is 2. The first-order chi connectivity index (χ1) is 9.84. The second-order valence-corrected chi connectivity index (χ2v) is 4.71. The first-order valence-electron chi connectivity index (χ1n) is 6.11. The second kappa shape index (κ2) is 4.47. The minimum atomic E-state index is -4.42. The molecular formula is C14H10F3N3O. The number of halogens is 3. The molecule has 3 aromatic rings. The maximum Gasteiger partial charge on any atom is 0.416 e. The number of rotatable bonds is 1. The van der Waals surface area contributed by atoms with Gasteiger partial charge in [-0.15, -0.1) is 0 Å². The molecule has 0 aliphatic carbocycles. The topological polar surface area (TPSA) is 61.5 Å². The fourth-order valence-electron chi connectivity index (χ4n) is 2.07. The molecule has 21 heavy (non-hydrogen) atoms. The minimum Gasteiger partial charge on any atom is -0.364 e. The van der Waals surface area contributed by atoms with Gasteiger partial charge in [-0.3, -0.25) is 4.79 Å². The van der Waals surface area contributed by atoms with E-state index in [0.29, 0.717) is 11.2 Å². The average molecular weight is 293 g/mol. The standard InChI is InChI=1S/C14H10F3N3O/c1-7-4-12(21)9(6-18-7)13-19-10-3-2-8(14(15,16)17)5-11(10)20-13/h2-6H,1H3,(H,18,21)(H,19,20). The van der Waals surface area contributed by atoms with E-state index in [1.807, 2.05) is 0 Å². The van der Waals surface area contributed by atoms with Gasteiger partial charge in [0.05, 0.1) is 22.2 Å². The van der Waals surface area contributed by atoms with Gasteiger partial charge in [0.25, 0.3) is 0 Å². The van der Waals surface area contributed by atoms with E-state index in [1.54, 1.807) is 6.92 Å². The van der Waals surface area contributed by atoms with Gasteiger partial charge >= 0.3 is 6.18 Å². The molecule has 0 amide bonds. The molecule has 108 valence electrons. The fourth-order valence-corrected chi connectivity index (χ4v) is 2.07. The van der Waals surface area contributed by atoms with Gasteiger partial charge in [-0.25, -0.2) is 4.98 Å². The third-order valence-corrected chi connectivity index (χ3v) is 3.12. The van der Waals surface area contributed by atoms with Crippen molar-refractivity contribution in [3.63, 3.8) is 0 Å². The van der Waals surface area contributed by atoms with Crippen molar-refractivity contribution in [2.75, 3.05) is 0 Å². The molecule has 0 fully saturated rings. The molecule has 2 heterocycles. The van der Waals surface area contributed by atoms with Crippen molar-refractivity contribution in [2.24, 2.45) is 0 Å². The van der Waals surface area contributed by atoms with Crippen LogP contribution in [-0.4, -0.2) is 15.0 Å². The zero-order valence-electron chi connectivity index (χ0n) is 10.9. The number of H-pyrrole nitrogens is 2. The second-order valence-electron chi connectivity index (χ2n) is 4.71. The van der Waals surface area contributed by atoms with Crippen LogP contribution in [0.1, 0.15) is 11.3 Å². The van der Waals surface area contributed by atoms with Crippen molar-refractivity contribution in [3.8, 4) is 11.4 Å². The van der Waals surface area contributed by atoms with Crippen molar-refractivity contribution >= 4 is 11.0 Å². The van der Waals surface area contributed by atoms with Crippen LogP contribution in [0.15, 0.2) is 35.3 Å². The molecule has 2 N–H and O–H groups in total. The lowest BCUT2D eigenvalue weighted by atomic mass is 10.2. The van der Waals surface area contributed by atoms with Crippen LogP contribution in [0.3, 0.4) is 0 Å². The van der Waals surface area contributed by atoms with Crippen molar-refractivity contribution in [2.45, 2.75) is 13.1 Å². The normalized spacial score (nSPS) is 12.0. The van der Waals surface area contributed by atoms with E-state index in [0.717, 1.165) is 12.1 Å². The van der Waals surface area contributed by atoms with Gasteiger partial charge in [0.15, 0.2) is 5.43 Å². The van der Waals surface area contributed by atoms with Gasteiger partial charge in [-0.05, 0) is 25.1 Å². The molecule has 1 aromatic carbocycles. The number of aryl methyl sites for hydroxylation is 1. The monoisotopic (exact) mass is 293 g/mol. The van der Waals surface area contributed by atoms with Crippen LogP contribution < -0.4 is 5.43 Å². The zero-order valence-corrected chi connectivity index (χ0v) is 10.9. The Morgan fingerprint density at radius 2 is 1.95 bits per heavy atom. The number of imidazole rings is 1. The van der Waals surface area contributed by atoms with E-state index in [9.17, 15) is 18.0 Å². The highest BCUT2D eigenvalue weighted by Gasteiger charge is 2.30. The summed E-state index contributed by atoms with van der Waals surface area (Å²) in [4.78, 5) is 21.7. The summed E-state index contributed by atoms with van der Waals surface area (Å²) < 4.78 is 38.0. The van der Waals surface area contributed by atoms with E-state index in [-0.39, 0.29) is 22.3 Å². The number of nitrogens with zero attached hydrogens (tertiary/aromatic N) is 1. The Hall–Kier alpha value is -2.57. The Kier molecular flexibility index (Phi) is 2.86. The zero-order chi connectivity index (χ0) is 15.2. The molecule has 4 nitrogen and oxygen atoms in total. The SMILES string of the molecule is Cc1cc(=O)c(-c2nc3ccc(C(F)(F)F)cc3[nH]2)c[nH]1. The van der Waals surface area contributed by atoms with Gasteiger partial charge in [0, 0.05) is 18.0 Å². The van der Waals surface area contributed by atoms with Crippen LogP contribution in [0.4, 0.5) is 13.2 Å². The number of nitrogens with one attached hydrogen (secondary N) is 2. The molecule has 7 heteroatoms. The van der Waals surface area contributed by atoms with Crippen molar-refractivity contribution in [1.82, 2.24) is 15.0 Å². The number of aromatic nitrogens is 3. The average Bonchev–Trinajstić information content (AvgIpc) is 2.79. The molecule has 0 saturated heterocycles. The highest BCUT2D eigenvalue weighted by atomic mass is 19.4. The fraction of sp³-hybridized carbons (Fsp3) is 0.143. The molecule has 0 saturated carbocycles. The van der Waals surface area contributed by atoms with Crippen LogP contribution in [0.25, 0.3) is 22.4 Å². The maximum absolute atomic E-state index is 12.7. The Morgan fingerprint density at radius 1 is 1.19 bits per heavy atom. The maximum atomic E-state index is 12.7. The number of pyridine rings is 1. The molecule has 0 bridgehead atoms. The minimum absolute atomic E-state index is 0.236. The van der Waals surface area contributed by atoms with Gasteiger partial charge in [0.2, 0.25) is 0 Å². The van der Waals surface area contributed by atoms with E-state index < -0.39 is 11.7 Å². The highest BCUT2D eigenvalue weighted by Crippen LogP contribution is 2.31. The predicted molar refractivity (Wildman–Crippen MR) is 71.9 cm³/mol. The molecule has 0 spiro atoms. The smallest absolute Gasteiger partial charge is 0.364 e. The van der Waals surface area contributed by atoms with Gasteiger partial charge in [-0.1, -0.05) is 0 Å². The Balaban J connectivity index is 2.15. The molecule has 0 unspecified atom stereocenters. The lowest BCUT2D eigenvalue weighted by Crippen LogP contribution is -2.05. The van der Waals surface area contributed by atoms with Crippen LogP contribution in [0.5, 0.6) is 0 Å². The summed E-state index contributed by atoms with van der Waals surface area (Å²) in [5, 5.41) is 0. The molecule has 0 aliphatic heterocycles. The lowest BCUT2D eigenvalue weighted by Gasteiger charge is -2.05. The van der Waals surface area contributed by atoms with Crippen LogP contribution in [-0.2, 0) is 6.18 Å².